The molecule has 0 bridgehead atoms. The first-order valence-electron chi connectivity index (χ1n) is 7.49. The number of nitrogens with zero attached hydrogens (tertiary/aromatic N) is 3. The van der Waals surface area contributed by atoms with Crippen LogP contribution in [-0.2, 0) is 0 Å². The Balaban J connectivity index is 1.81. The lowest BCUT2D eigenvalue weighted by Gasteiger charge is -2.42. The average molecular weight is 250 g/mol. The number of hydrogen-bond donors (Lipinski definition) is 1. The van der Waals surface area contributed by atoms with Gasteiger partial charge in [-0.1, -0.05) is 12.8 Å². The molecule has 2 fully saturated rings. The Bertz CT molecular complexity index is 335. The van der Waals surface area contributed by atoms with Crippen LogP contribution in [0.25, 0.3) is 0 Å². The van der Waals surface area contributed by atoms with E-state index in [2.05, 4.69) is 21.8 Å². The molecular weight excluding hydrogens is 224 g/mol. The molecular formula is C14H26N4. The first-order valence-corrected chi connectivity index (χ1v) is 7.49. The van der Waals surface area contributed by atoms with Crippen molar-refractivity contribution in [1.29, 1.82) is 0 Å². The van der Waals surface area contributed by atoms with Gasteiger partial charge in [-0.25, -0.2) is 0 Å². The van der Waals surface area contributed by atoms with E-state index in [0.717, 1.165) is 12.5 Å². The van der Waals surface area contributed by atoms with Crippen molar-refractivity contribution in [1.82, 2.24) is 9.80 Å². The smallest absolute Gasteiger partial charge is 0.192 e. The molecule has 1 spiro atoms. The highest BCUT2D eigenvalue weighted by Crippen LogP contribution is 2.38. The second-order valence-corrected chi connectivity index (χ2v) is 6.36. The zero-order valence-electron chi connectivity index (χ0n) is 11.6. The first-order chi connectivity index (χ1) is 8.71. The molecule has 2 N–H and O–H groups in total. The van der Waals surface area contributed by atoms with E-state index in [9.17, 15) is 0 Å². The van der Waals surface area contributed by atoms with Crippen molar-refractivity contribution >= 4 is 5.96 Å². The topological polar surface area (TPSA) is 44.9 Å². The van der Waals surface area contributed by atoms with Crippen LogP contribution >= 0.6 is 0 Å². The predicted molar refractivity (Wildman–Crippen MR) is 74.7 cm³/mol. The molecule has 102 valence electrons. The Morgan fingerprint density at radius 2 is 1.94 bits per heavy atom. The van der Waals surface area contributed by atoms with E-state index in [-0.39, 0.29) is 5.54 Å². The number of hydrogen-bond acceptors (Lipinski definition) is 4. The molecule has 1 saturated carbocycles. The molecule has 4 nitrogen and oxygen atoms in total. The zero-order chi connectivity index (χ0) is 12.6. The minimum Gasteiger partial charge on any atom is -0.370 e. The lowest BCUT2D eigenvalue weighted by atomic mass is 9.88. The molecule has 0 aromatic heterocycles. The van der Waals surface area contributed by atoms with E-state index >= 15 is 0 Å². The Morgan fingerprint density at radius 3 is 2.72 bits per heavy atom. The summed E-state index contributed by atoms with van der Waals surface area (Å²) in [5, 5.41) is 0. The standard InChI is InChI=1S/C14H26N4/c1-17-9-4-7-14(8-10-17)11-16-13(15)18(14)12-5-2-3-6-12/h12H,2-11H2,1H3,(H2,15,16). The van der Waals surface area contributed by atoms with Crippen LogP contribution in [0.2, 0.25) is 0 Å². The Hall–Kier alpha value is -0.770. The van der Waals surface area contributed by atoms with E-state index in [4.69, 9.17) is 5.73 Å². The summed E-state index contributed by atoms with van der Waals surface area (Å²) in [6, 6.07) is 0.666. The van der Waals surface area contributed by atoms with Crippen molar-refractivity contribution in [3.8, 4) is 0 Å². The fourth-order valence-electron chi connectivity index (χ4n) is 4.07. The van der Waals surface area contributed by atoms with Crippen LogP contribution in [0.3, 0.4) is 0 Å². The summed E-state index contributed by atoms with van der Waals surface area (Å²) in [6.07, 6.45) is 9.13. The van der Waals surface area contributed by atoms with Crippen molar-refractivity contribution < 1.29 is 0 Å². The maximum atomic E-state index is 6.21. The summed E-state index contributed by atoms with van der Waals surface area (Å²) in [6.45, 7) is 3.34. The Kier molecular flexibility index (Phi) is 3.22. The molecule has 1 aliphatic carbocycles. The van der Waals surface area contributed by atoms with E-state index in [1.54, 1.807) is 0 Å². The van der Waals surface area contributed by atoms with Crippen LogP contribution in [0.4, 0.5) is 0 Å². The molecule has 0 aromatic carbocycles. The molecule has 4 heteroatoms. The molecule has 2 heterocycles. The van der Waals surface area contributed by atoms with Gasteiger partial charge in [0.25, 0.3) is 0 Å². The highest BCUT2D eigenvalue weighted by atomic mass is 15.4. The molecule has 3 rings (SSSR count). The van der Waals surface area contributed by atoms with Gasteiger partial charge in [-0.15, -0.1) is 0 Å². The number of nitrogens with two attached hydrogens (primary N) is 1. The van der Waals surface area contributed by atoms with E-state index in [1.165, 1.54) is 58.0 Å². The Morgan fingerprint density at radius 1 is 1.17 bits per heavy atom. The quantitative estimate of drug-likeness (QED) is 0.765. The first kappa shape index (κ1) is 12.3. The van der Waals surface area contributed by atoms with Crippen LogP contribution in [0, 0.1) is 0 Å². The van der Waals surface area contributed by atoms with Crippen molar-refractivity contribution in [2.24, 2.45) is 10.7 Å². The summed E-state index contributed by atoms with van der Waals surface area (Å²) in [5.74, 6) is 0.825. The lowest BCUT2D eigenvalue weighted by Crippen LogP contribution is -2.56. The minimum atomic E-state index is 0.254. The summed E-state index contributed by atoms with van der Waals surface area (Å²) in [4.78, 5) is 9.59. The summed E-state index contributed by atoms with van der Waals surface area (Å²) >= 11 is 0. The molecule has 2 aliphatic heterocycles. The van der Waals surface area contributed by atoms with Gasteiger partial charge in [0.05, 0.1) is 12.1 Å². The van der Waals surface area contributed by atoms with Crippen molar-refractivity contribution in [2.45, 2.75) is 56.5 Å². The van der Waals surface area contributed by atoms with E-state index < -0.39 is 0 Å². The van der Waals surface area contributed by atoms with E-state index in [0.29, 0.717) is 6.04 Å². The van der Waals surface area contributed by atoms with Crippen molar-refractivity contribution in [3.05, 3.63) is 0 Å². The van der Waals surface area contributed by atoms with Gasteiger partial charge in [0.2, 0.25) is 0 Å². The monoisotopic (exact) mass is 250 g/mol. The largest absolute Gasteiger partial charge is 0.370 e. The molecule has 3 aliphatic rings. The zero-order valence-corrected chi connectivity index (χ0v) is 11.6. The molecule has 18 heavy (non-hydrogen) atoms. The van der Waals surface area contributed by atoms with Gasteiger partial charge >= 0.3 is 0 Å². The van der Waals surface area contributed by atoms with Gasteiger partial charge in [0.15, 0.2) is 5.96 Å². The average Bonchev–Trinajstić information content (AvgIpc) is 2.91. The molecule has 0 radical (unpaired) electrons. The number of likely N-dealkylation sites (tertiary alicyclic amines) is 1. The predicted octanol–water partition coefficient (Wildman–Crippen LogP) is 1.41. The summed E-state index contributed by atoms with van der Waals surface area (Å²) in [5.41, 5.74) is 6.47. The molecule has 1 saturated heterocycles. The Labute approximate surface area is 110 Å². The van der Waals surface area contributed by atoms with Gasteiger partial charge in [-0.05, 0) is 45.7 Å². The molecule has 1 atom stereocenters. The van der Waals surface area contributed by atoms with Crippen molar-refractivity contribution in [2.75, 3.05) is 26.7 Å². The number of rotatable bonds is 1. The fraction of sp³-hybridized carbons (Fsp3) is 0.929. The number of aliphatic imine (C=N–C) groups is 1. The third kappa shape index (κ3) is 2.00. The summed E-state index contributed by atoms with van der Waals surface area (Å²) in [7, 11) is 2.23. The third-order valence-electron chi connectivity index (χ3n) is 5.12. The van der Waals surface area contributed by atoms with Gasteiger partial charge in [-0.2, -0.15) is 0 Å². The van der Waals surface area contributed by atoms with Gasteiger partial charge in [0, 0.05) is 12.6 Å². The highest BCUT2D eigenvalue weighted by Gasteiger charge is 2.46. The van der Waals surface area contributed by atoms with Crippen LogP contribution in [0.5, 0.6) is 0 Å². The maximum absolute atomic E-state index is 6.21. The molecule has 0 aromatic rings. The van der Waals surface area contributed by atoms with Crippen LogP contribution < -0.4 is 5.73 Å². The van der Waals surface area contributed by atoms with Crippen LogP contribution in [0.1, 0.15) is 44.9 Å². The molecule has 1 unspecified atom stereocenters. The maximum Gasteiger partial charge on any atom is 0.192 e. The van der Waals surface area contributed by atoms with E-state index in [1.807, 2.05) is 0 Å². The second kappa shape index (κ2) is 4.72. The molecule has 0 amide bonds. The van der Waals surface area contributed by atoms with Crippen LogP contribution in [0.15, 0.2) is 4.99 Å². The SMILES string of the molecule is CN1CCCC2(CC1)CN=C(N)N2C1CCCC1. The van der Waals surface area contributed by atoms with Gasteiger partial charge in [0.1, 0.15) is 0 Å². The number of guanidine groups is 1. The lowest BCUT2D eigenvalue weighted by molar-refractivity contribution is 0.130. The van der Waals surface area contributed by atoms with Gasteiger partial charge < -0.3 is 15.5 Å². The fourth-order valence-corrected chi connectivity index (χ4v) is 4.07. The van der Waals surface area contributed by atoms with Crippen LogP contribution in [-0.4, -0.2) is 54.0 Å². The van der Waals surface area contributed by atoms with Gasteiger partial charge in [-0.3, -0.25) is 4.99 Å². The second-order valence-electron chi connectivity index (χ2n) is 6.36. The normalized spacial score (nSPS) is 35.2. The van der Waals surface area contributed by atoms with Crippen molar-refractivity contribution in [3.63, 3.8) is 0 Å². The third-order valence-corrected chi connectivity index (χ3v) is 5.12. The minimum absolute atomic E-state index is 0.254. The summed E-state index contributed by atoms with van der Waals surface area (Å²) < 4.78 is 0. The highest BCUT2D eigenvalue weighted by molar-refractivity contribution is 5.81.